The van der Waals surface area contributed by atoms with Crippen molar-refractivity contribution in [1.82, 2.24) is 5.32 Å². The number of hydrogen-bond donors (Lipinski definition) is 2. The van der Waals surface area contributed by atoms with Crippen LogP contribution in [0.25, 0.3) is 0 Å². The van der Waals surface area contributed by atoms with Gasteiger partial charge in [-0.25, -0.2) is 0 Å². The molecule has 0 unspecified atom stereocenters. The van der Waals surface area contributed by atoms with Crippen molar-refractivity contribution in [2.24, 2.45) is 0 Å². The highest BCUT2D eigenvalue weighted by atomic mass is 35.5. The van der Waals surface area contributed by atoms with E-state index >= 15 is 0 Å². The lowest BCUT2D eigenvalue weighted by Crippen LogP contribution is -2.33. The number of rotatable bonds is 4. The molecule has 0 bridgehead atoms. The van der Waals surface area contributed by atoms with Gasteiger partial charge >= 0.3 is 0 Å². The summed E-state index contributed by atoms with van der Waals surface area (Å²) in [5.41, 5.74) is 3.16. The number of hydrogen-bond acceptors (Lipinski definition) is 2. The normalized spacial score (nSPS) is 19.7. The second-order valence-electron chi connectivity index (χ2n) is 5.65. The Morgan fingerprint density at radius 1 is 1.23 bits per heavy atom. The standard InChI is InChI=1S/C18H18ClNO2/c19-14-6-3-4-12(10-14)8-9-17(22)20-18-15-7-2-1-5-13(15)11-16(18)21/h1-7,10,16,18,21H,8-9,11H2,(H,20,22)/t16-,18+/m0/s1. The van der Waals surface area contributed by atoms with Gasteiger partial charge in [0.25, 0.3) is 0 Å². The van der Waals surface area contributed by atoms with E-state index < -0.39 is 6.10 Å². The highest BCUT2D eigenvalue weighted by Gasteiger charge is 2.31. The lowest BCUT2D eigenvalue weighted by atomic mass is 10.1. The first-order valence-electron chi connectivity index (χ1n) is 7.43. The van der Waals surface area contributed by atoms with E-state index in [2.05, 4.69) is 5.32 Å². The maximum absolute atomic E-state index is 12.2. The Kier molecular flexibility index (Phi) is 4.46. The molecule has 0 fully saturated rings. The molecule has 22 heavy (non-hydrogen) atoms. The quantitative estimate of drug-likeness (QED) is 0.911. The number of nitrogens with one attached hydrogen (secondary N) is 1. The summed E-state index contributed by atoms with van der Waals surface area (Å²) in [6, 6.07) is 15.1. The molecule has 0 aliphatic heterocycles. The van der Waals surface area contributed by atoms with Crippen molar-refractivity contribution in [3.63, 3.8) is 0 Å². The van der Waals surface area contributed by atoms with Crippen molar-refractivity contribution in [1.29, 1.82) is 0 Å². The van der Waals surface area contributed by atoms with Gasteiger partial charge < -0.3 is 10.4 Å². The molecule has 0 saturated heterocycles. The van der Waals surface area contributed by atoms with E-state index in [-0.39, 0.29) is 11.9 Å². The molecule has 3 rings (SSSR count). The van der Waals surface area contributed by atoms with Crippen molar-refractivity contribution >= 4 is 17.5 Å². The van der Waals surface area contributed by atoms with Crippen molar-refractivity contribution in [2.45, 2.75) is 31.4 Å². The highest BCUT2D eigenvalue weighted by Crippen LogP contribution is 2.31. The van der Waals surface area contributed by atoms with Crippen molar-refractivity contribution in [3.05, 3.63) is 70.2 Å². The number of aliphatic hydroxyl groups is 1. The smallest absolute Gasteiger partial charge is 0.220 e. The van der Waals surface area contributed by atoms with Gasteiger partial charge in [-0.3, -0.25) is 4.79 Å². The van der Waals surface area contributed by atoms with Crippen molar-refractivity contribution < 1.29 is 9.90 Å². The van der Waals surface area contributed by atoms with E-state index in [0.717, 1.165) is 16.7 Å². The molecule has 2 aromatic rings. The van der Waals surface area contributed by atoms with Crippen LogP contribution in [0.1, 0.15) is 29.2 Å². The van der Waals surface area contributed by atoms with Crippen LogP contribution >= 0.6 is 11.6 Å². The Balaban J connectivity index is 1.60. The van der Waals surface area contributed by atoms with Crippen LogP contribution in [0.2, 0.25) is 5.02 Å². The van der Waals surface area contributed by atoms with E-state index in [1.165, 1.54) is 0 Å². The van der Waals surface area contributed by atoms with Crippen LogP contribution < -0.4 is 5.32 Å². The Morgan fingerprint density at radius 3 is 2.86 bits per heavy atom. The topological polar surface area (TPSA) is 49.3 Å². The number of benzene rings is 2. The monoisotopic (exact) mass is 315 g/mol. The molecule has 2 atom stereocenters. The van der Waals surface area contributed by atoms with Crippen LogP contribution in [-0.2, 0) is 17.6 Å². The molecule has 1 aliphatic rings. The molecular weight excluding hydrogens is 298 g/mol. The fourth-order valence-electron chi connectivity index (χ4n) is 2.94. The summed E-state index contributed by atoms with van der Waals surface area (Å²) >= 11 is 5.94. The van der Waals surface area contributed by atoms with Gasteiger partial charge in [-0.05, 0) is 35.2 Å². The minimum atomic E-state index is -0.549. The van der Waals surface area contributed by atoms with Crippen LogP contribution in [0.15, 0.2) is 48.5 Å². The predicted octanol–water partition coefficient (Wildman–Crippen LogP) is 3.05. The summed E-state index contributed by atoms with van der Waals surface area (Å²) in [7, 11) is 0. The van der Waals surface area contributed by atoms with Gasteiger partial charge in [-0.2, -0.15) is 0 Å². The Labute approximate surface area is 134 Å². The molecule has 0 heterocycles. The zero-order valence-electron chi connectivity index (χ0n) is 12.1. The largest absolute Gasteiger partial charge is 0.390 e. The summed E-state index contributed by atoms with van der Waals surface area (Å²) in [4.78, 5) is 12.2. The fourth-order valence-corrected chi connectivity index (χ4v) is 3.16. The number of halogens is 1. The van der Waals surface area contributed by atoms with Crippen LogP contribution in [0, 0.1) is 0 Å². The van der Waals surface area contributed by atoms with E-state index in [4.69, 9.17) is 11.6 Å². The fraction of sp³-hybridized carbons (Fsp3) is 0.278. The van der Waals surface area contributed by atoms with Crippen molar-refractivity contribution in [2.75, 3.05) is 0 Å². The van der Waals surface area contributed by atoms with Crippen LogP contribution in [0.4, 0.5) is 0 Å². The third-order valence-electron chi connectivity index (χ3n) is 4.05. The molecule has 2 N–H and O–H groups in total. The second kappa shape index (κ2) is 6.51. The molecule has 2 aromatic carbocycles. The average molecular weight is 316 g/mol. The summed E-state index contributed by atoms with van der Waals surface area (Å²) in [6.07, 6.45) is 1.06. The van der Waals surface area contributed by atoms with Crippen LogP contribution in [0.5, 0.6) is 0 Å². The number of aryl methyl sites for hydroxylation is 1. The minimum Gasteiger partial charge on any atom is -0.390 e. The molecule has 1 amide bonds. The number of amides is 1. The third kappa shape index (κ3) is 3.32. The lowest BCUT2D eigenvalue weighted by Gasteiger charge is -2.18. The zero-order chi connectivity index (χ0) is 15.5. The second-order valence-corrected chi connectivity index (χ2v) is 6.08. The molecule has 0 saturated carbocycles. The lowest BCUT2D eigenvalue weighted by molar-refractivity contribution is -0.122. The van der Waals surface area contributed by atoms with E-state index in [9.17, 15) is 9.90 Å². The molecule has 4 heteroatoms. The summed E-state index contributed by atoms with van der Waals surface area (Å²) in [5, 5.41) is 13.8. The number of fused-ring (bicyclic) bond motifs is 1. The summed E-state index contributed by atoms with van der Waals surface area (Å²) in [6.45, 7) is 0. The van der Waals surface area contributed by atoms with E-state index in [1.807, 2.05) is 48.5 Å². The van der Waals surface area contributed by atoms with Gasteiger partial charge in [-0.15, -0.1) is 0 Å². The molecule has 0 radical (unpaired) electrons. The first-order chi connectivity index (χ1) is 10.6. The Morgan fingerprint density at radius 2 is 2.05 bits per heavy atom. The number of aliphatic hydroxyl groups excluding tert-OH is 1. The first-order valence-corrected chi connectivity index (χ1v) is 7.81. The van der Waals surface area contributed by atoms with E-state index in [1.54, 1.807) is 0 Å². The van der Waals surface area contributed by atoms with Crippen molar-refractivity contribution in [3.8, 4) is 0 Å². The molecule has 1 aliphatic carbocycles. The number of carbonyl (C=O) groups excluding carboxylic acids is 1. The Hall–Kier alpha value is -1.84. The van der Waals surface area contributed by atoms with Gasteiger partial charge in [0.1, 0.15) is 0 Å². The van der Waals surface area contributed by atoms with E-state index in [0.29, 0.717) is 24.3 Å². The molecule has 0 spiro atoms. The minimum absolute atomic E-state index is 0.0549. The summed E-state index contributed by atoms with van der Waals surface area (Å²) < 4.78 is 0. The van der Waals surface area contributed by atoms with Gasteiger partial charge in [0, 0.05) is 17.9 Å². The predicted molar refractivity (Wildman–Crippen MR) is 86.8 cm³/mol. The molecule has 114 valence electrons. The molecular formula is C18H18ClNO2. The maximum atomic E-state index is 12.2. The Bertz CT molecular complexity index is 686. The van der Waals surface area contributed by atoms with Gasteiger partial charge in [0.05, 0.1) is 12.1 Å². The van der Waals surface area contributed by atoms with Crippen LogP contribution in [0.3, 0.4) is 0 Å². The zero-order valence-corrected chi connectivity index (χ0v) is 12.9. The average Bonchev–Trinajstić information content (AvgIpc) is 2.81. The van der Waals surface area contributed by atoms with Gasteiger partial charge in [0.2, 0.25) is 5.91 Å². The van der Waals surface area contributed by atoms with Gasteiger partial charge in [0.15, 0.2) is 0 Å². The third-order valence-corrected chi connectivity index (χ3v) is 4.29. The maximum Gasteiger partial charge on any atom is 0.220 e. The summed E-state index contributed by atoms with van der Waals surface area (Å²) in [5.74, 6) is -0.0549. The van der Waals surface area contributed by atoms with Gasteiger partial charge in [-0.1, -0.05) is 48.0 Å². The molecule has 3 nitrogen and oxygen atoms in total. The number of carbonyl (C=O) groups is 1. The SMILES string of the molecule is O=C(CCc1cccc(Cl)c1)N[C@@H]1c2ccccc2C[C@@H]1O. The first kappa shape index (κ1) is 15.1. The highest BCUT2D eigenvalue weighted by molar-refractivity contribution is 6.30. The van der Waals surface area contributed by atoms with Crippen LogP contribution in [-0.4, -0.2) is 17.1 Å². The molecule has 0 aromatic heterocycles.